The number of nitrogens with zero attached hydrogens (tertiary/aromatic N) is 1. The number of anilines is 2. The van der Waals surface area contributed by atoms with E-state index in [-0.39, 0.29) is 10.6 Å². The molecule has 1 aromatic rings. The molecule has 1 rings (SSSR count). The van der Waals surface area contributed by atoms with E-state index in [0.717, 1.165) is 18.7 Å². The second kappa shape index (κ2) is 5.58. The Bertz CT molecular complexity index is 514. The Morgan fingerprint density at radius 3 is 2.44 bits per heavy atom. The van der Waals surface area contributed by atoms with Crippen molar-refractivity contribution < 1.29 is 8.42 Å². The Hall–Kier alpha value is -1.27. The van der Waals surface area contributed by atoms with Crippen molar-refractivity contribution in [1.29, 1.82) is 0 Å². The normalized spacial score (nSPS) is 13.3. The summed E-state index contributed by atoms with van der Waals surface area (Å²) in [4.78, 5) is 2.03. The molecule has 0 spiro atoms. The summed E-state index contributed by atoms with van der Waals surface area (Å²) >= 11 is 0. The van der Waals surface area contributed by atoms with Crippen molar-refractivity contribution in [3.8, 4) is 0 Å². The second-order valence-electron chi connectivity index (χ2n) is 4.66. The predicted molar refractivity (Wildman–Crippen MR) is 75.0 cm³/mol. The van der Waals surface area contributed by atoms with Gasteiger partial charge in [0.15, 0.2) is 0 Å². The van der Waals surface area contributed by atoms with E-state index in [1.807, 2.05) is 7.05 Å². The molecule has 1 unspecified atom stereocenters. The van der Waals surface area contributed by atoms with E-state index < -0.39 is 10.0 Å². The van der Waals surface area contributed by atoms with Crippen LogP contribution < -0.4 is 15.8 Å². The lowest BCUT2D eigenvalue weighted by molar-refractivity contribution is 0.560. The quantitative estimate of drug-likeness (QED) is 0.792. The van der Waals surface area contributed by atoms with Crippen molar-refractivity contribution in [2.24, 2.45) is 11.1 Å². The molecule has 0 heterocycles. The van der Waals surface area contributed by atoms with Crippen molar-refractivity contribution >= 4 is 21.4 Å². The molecule has 0 bridgehead atoms. The number of hydrogen-bond donors (Lipinski definition) is 2. The van der Waals surface area contributed by atoms with Gasteiger partial charge in [0.25, 0.3) is 0 Å². The van der Waals surface area contributed by atoms with Crippen molar-refractivity contribution in [1.82, 2.24) is 0 Å². The zero-order valence-corrected chi connectivity index (χ0v) is 11.9. The summed E-state index contributed by atoms with van der Waals surface area (Å²) in [5.41, 5.74) is 6.80. The molecule has 5 nitrogen and oxygen atoms in total. The van der Waals surface area contributed by atoms with Gasteiger partial charge in [-0.25, -0.2) is 13.6 Å². The first-order valence-electron chi connectivity index (χ1n) is 5.89. The van der Waals surface area contributed by atoms with Gasteiger partial charge >= 0.3 is 0 Å². The van der Waals surface area contributed by atoms with Crippen LogP contribution in [0.2, 0.25) is 0 Å². The number of rotatable bonds is 5. The first-order valence-corrected chi connectivity index (χ1v) is 7.43. The number of hydrogen-bond acceptors (Lipinski definition) is 4. The summed E-state index contributed by atoms with van der Waals surface area (Å²) in [6.45, 7) is 5.19. The van der Waals surface area contributed by atoms with Gasteiger partial charge in [-0.1, -0.05) is 20.3 Å². The number of benzene rings is 1. The van der Waals surface area contributed by atoms with Gasteiger partial charge in [-0.2, -0.15) is 0 Å². The molecule has 0 aliphatic heterocycles. The van der Waals surface area contributed by atoms with Crippen molar-refractivity contribution in [2.75, 3.05) is 24.2 Å². The number of nitrogens with two attached hydrogens (primary N) is 2. The Morgan fingerprint density at radius 2 is 2.00 bits per heavy atom. The summed E-state index contributed by atoms with van der Waals surface area (Å²) in [6, 6.07) is 4.81. The van der Waals surface area contributed by atoms with Gasteiger partial charge in [0, 0.05) is 19.3 Å². The smallest absolute Gasteiger partial charge is 0.240 e. The van der Waals surface area contributed by atoms with Gasteiger partial charge in [0.1, 0.15) is 4.90 Å². The first-order chi connectivity index (χ1) is 8.25. The van der Waals surface area contributed by atoms with E-state index in [1.54, 1.807) is 12.1 Å². The molecule has 0 amide bonds. The van der Waals surface area contributed by atoms with Crippen molar-refractivity contribution in [2.45, 2.75) is 25.2 Å². The number of primary sulfonamides is 1. The minimum absolute atomic E-state index is 0.0248. The molecule has 1 aromatic carbocycles. The average Bonchev–Trinajstić information content (AvgIpc) is 2.26. The summed E-state index contributed by atoms with van der Waals surface area (Å²) in [7, 11) is -1.79. The van der Waals surface area contributed by atoms with Crippen molar-refractivity contribution in [3.63, 3.8) is 0 Å². The summed E-state index contributed by atoms with van der Waals surface area (Å²) < 4.78 is 22.5. The molecule has 0 radical (unpaired) electrons. The molecular formula is C12H21N3O2S. The van der Waals surface area contributed by atoms with Crippen LogP contribution in [0, 0.1) is 5.92 Å². The molecule has 0 saturated heterocycles. The minimum Gasteiger partial charge on any atom is -0.398 e. The van der Waals surface area contributed by atoms with Crippen LogP contribution in [0.15, 0.2) is 23.1 Å². The lowest BCUT2D eigenvalue weighted by Gasteiger charge is -2.23. The van der Waals surface area contributed by atoms with Gasteiger partial charge in [0.05, 0.1) is 5.69 Å². The van der Waals surface area contributed by atoms with E-state index >= 15 is 0 Å². The summed E-state index contributed by atoms with van der Waals surface area (Å²) in [5.74, 6) is 0.564. The van der Waals surface area contributed by atoms with Crippen LogP contribution in [0.1, 0.15) is 20.3 Å². The maximum Gasteiger partial charge on any atom is 0.240 e. The molecule has 102 valence electrons. The molecule has 0 aromatic heterocycles. The SMILES string of the molecule is CCC(C)CN(C)c1ccc(S(N)(=O)=O)c(N)c1. The van der Waals surface area contributed by atoms with E-state index in [4.69, 9.17) is 10.9 Å². The highest BCUT2D eigenvalue weighted by Crippen LogP contribution is 2.24. The highest BCUT2D eigenvalue weighted by atomic mass is 32.2. The van der Waals surface area contributed by atoms with Gasteiger partial charge in [-0.15, -0.1) is 0 Å². The summed E-state index contributed by atoms with van der Waals surface area (Å²) in [6.07, 6.45) is 1.09. The molecule has 6 heteroatoms. The fraction of sp³-hybridized carbons (Fsp3) is 0.500. The fourth-order valence-electron chi connectivity index (χ4n) is 1.73. The van der Waals surface area contributed by atoms with Crippen LogP contribution in [0.4, 0.5) is 11.4 Å². The van der Waals surface area contributed by atoms with Gasteiger partial charge in [-0.3, -0.25) is 0 Å². The second-order valence-corrected chi connectivity index (χ2v) is 6.19. The Morgan fingerprint density at radius 1 is 1.39 bits per heavy atom. The molecule has 0 aliphatic rings. The van der Waals surface area contributed by atoms with Crippen LogP contribution in [-0.2, 0) is 10.0 Å². The zero-order chi connectivity index (χ0) is 13.9. The molecule has 0 saturated carbocycles. The van der Waals surface area contributed by atoms with Crippen LogP contribution >= 0.6 is 0 Å². The van der Waals surface area contributed by atoms with E-state index in [9.17, 15) is 8.42 Å². The Labute approximate surface area is 109 Å². The van der Waals surface area contributed by atoms with E-state index in [0.29, 0.717) is 5.92 Å². The monoisotopic (exact) mass is 271 g/mol. The highest BCUT2D eigenvalue weighted by Gasteiger charge is 2.14. The first kappa shape index (κ1) is 14.8. The van der Waals surface area contributed by atoms with Crippen LogP contribution in [0.3, 0.4) is 0 Å². The van der Waals surface area contributed by atoms with Crippen LogP contribution in [0.5, 0.6) is 0 Å². The van der Waals surface area contributed by atoms with Crippen molar-refractivity contribution in [3.05, 3.63) is 18.2 Å². The van der Waals surface area contributed by atoms with Crippen LogP contribution in [0.25, 0.3) is 0 Å². The Balaban J connectivity index is 2.98. The molecule has 1 atom stereocenters. The maximum absolute atomic E-state index is 11.2. The largest absolute Gasteiger partial charge is 0.398 e. The lowest BCUT2D eigenvalue weighted by Crippen LogP contribution is -2.24. The fourth-order valence-corrected chi connectivity index (χ4v) is 2.38. The van der Waals surface area contributed by atoms with E-state index in [1.165, 1.54) is 6.07 Å². The third-order valence-electron chi connectivity index (χ3n) is 3.02. The number of nitrogen functional groups attached to an aromatic ring is 1. The zero-order valence-electron chi connectivity index (χ0n) is 11.1. The highest BCUT2D eigenvalue weighted by molar-refractivity contribution is 7.89. The average molecular weight is 271 g/mol. The minimum atomic E-state index is -3.75. The predicted octanol–water partition coefficient (Wildman–Crippen LogP) is 1.40. The molecule has 0 aliphatic carbocycles. The third kappa shape index (κ3) is 3.61. The van der Waals surface area contributed by atoms with Crippen LogP contribution in [-0.4, -0.2) is 22.0 Å². The third-order valence-corrected chi connectivity index (χ3v) is 4.01. The van der Waals surface area contributed by atoms with Gasteiger partial charge in [-0.05, 0) is 24.1 Å². The lowest BCUT2D eigenvalue weighted by atomic mass is 10.1. The molecule has 18 heavy (non-hydrogen) atoms. The van der Waals surface area contributed by atoms with E-state index in [2.05, 4.69) is 18.7 Å². The van der Waals surface area contributed by atoms with Gasteiger partial charge < -0.3 is 10.6 Å². The standard InChI is InChI=1S/C12H21N3O2S/c1-4-9(2)8-15(3)10-5-6-12(11(13)7-10)18(14,16)17/h5-7,9H,4,8,13H2,1-3H3,(H2,14,16,17). The molecular weight excluding hydrogens is 250 g/mol. The van der Waals surface area contributed by atoms with Gasteiger partial charge in [0.2, 0.25) is 10.0 Å². The molecule has 0 fully saturated rings. The topological polar surface area (TPSA) is 89.4 Å². The Kier molecular flexibility index (Phi) is 4.59. The summed E-state index contributed by atoms with van der Waals surface area (Å²) in [5, 5.41) is 5.06. The molecule has 4 N–H and O–H groups in total. The maximum atomic E-state index is 11.2. The number of sulfonamides is 1.